The standard InChI is InChI=1S/C19H19F3N2O5/c1-18(2,3)29-17(27)23-10-11-7-14(19(20,21)22)24-15(8-11)28-13-6-4-5-12(9-13)16(25)26/h4-9H,10H2,1-3H3,(H,23,27)(H,25,26)/i10D2. The smallest absolute Gasteiger partial charge is 0.433 e. The average molecular weight is 414 g/mol. The van der Waals surface area contributed by atoms with Gasteiger partial charge in [-0.25, -0.2) is 14.6 Å². The normalized spacial score (nSPS) is 13.2. The van der Waals surface area contributed by atoms with E-state index in [1.165, 1.54) is 39.0 Å². The number of aromatic nitrogens is 1. The second-order valence-corrected chi connectivity index (χ2v) is 6.76. The molecule has 1 amide bonds. The van der Waals surface area contributed by atoms with E-state index in [0.29, 0.717) is 6.07 Å². The number of aromatic carboxylic acids is 1. The summed E-state index contributed by atoms with van der Waals surface area (Å²) < 4.78 is 66.1. The first kappa shape index (κ1) is 19.0. The lowest BCUT2D eigenvalue weighted by atomic mass is 10.2. The quantitative estimate of drug-likeness (QED) is 0.741. The van der Waals surface area contributed by atoms with Crippen LogP contribution in [0.15, 0.2) is 36.4 Å². The van der Waals surface area contributed by atoms with Crippen molar-refractivity contribution in [1.82, 2.24) is 10.3 Å². The van der Waals surface area contributed by atoms with Crippen LogP contribution in [0.4, 0.5) is 18.0 Å². The zero-order valence-corrected chi connectivity index (χ0v) is 15.6. The fraction of sp³-hybridized carbons (Fsp3) is 0.316. The summed E-state index contributed by atoms with van der Waals surface area (Å²) in [6.07, 6.45) is -6.13. The molecule has 0 saturated carbocycles. The lowest BCUT2D eigenvalue weighted by Crippen LogP contribution is -2.32. The Labute approximate surface area is 167 Å². The first-order valence-electron chi connectivity index (χ1n) is 9.19. The van der Waals surface area contributed by atoms with Crippen LogP contribution < -0.4 is 10.1 Å². The van der Waals surface area contributed by atoms with Crippen molar-refractivity contribution < 1.29 is 40.1 Å². The van der Waals surface area contributed by atoms with Crippen molar-refractivity contribution in [3.05, 3.63) is 53.2 Å². The van der Waals surface area contributed by atoms with Crippen molar-refractivity contribution in [2.24, 2.45) is 0 Å². The fourth-order valence-electron chi connectivity index (χ4n) is 2.02. The van der Waals surface area contributed by atoms with E-state index < -0.39 is 47.5 Å². The van der Waals surface area contributed by atoms with Crippen LogP contribution in [0.3, 0.4) is 0 Å². The maximum Gasteiger partial charge on any atom is 0.433 e. The number of nitrogens with one attached hydrogen (secondary N) is 1. The topological polar surface area (TPSA) is 97.8 Å². The minimum absolute atomic E-state index is 0.127. The highest BCUT2D eigenvalue weighted by Crippen LogP contribution is 2.31. The van der Waals surface area contributed by atoms with E-state index in [-0.39, 0.29) is 11.3 Å². The van der Waals surface area contributed by atoms with E-state index in [1.807, 2.05) is 5.32 Å². The minimum atomic E-state index is -4.95. The summed E-state index contributed by atoms with van der Waals surface area (Å²) in [6.45, 7) is 1.83. The number of pyridine rings is 1. The van der Waals surface area contributed by atoms with Gasteiger partial charge in [-0.05, 0) is 50.6 Å². The van der Waals surface area contributed by atoms with Gasteiger partial charge in [0.2, 0.25) is 5.88 Å². The van der Waals surface area contributed by atoms with Crippen molar-refractivity contribution >= 4 is 12.1 Å². The molecular weight excluding hydrogens is 393 g/mol. The van der Waals surface area contributed by atoms with Gasteiger partial charge in [-0.2, -0.15) is 13.2 Å². The largest absolute Gasteiger partial charge is 0.478 e. The fourth-order valence-corrected chi connectivity index (χ4v) is 2.02. The maximum absolute atomic E-state index is 13.3. The van der Waals surface area contributed by atoms with E-state index >= 15 is 0 Å². The minimum Gasteiger partial charge on any atom is -0.478 e. The molecule has 2 rings (SSSR count). The first-order valence-corrected chi connectivity index (χ1v) is 8.19. The van der Waals surface area contributed by atoms with Crippen LogP contribution in [-0.4, -0.2) is 27.8 Å². The Kier molecular flexibility index (Phi) is 5.50. The van der Waals surface area contributed by atoms with Gasteiger partial charge in [0.05, 0.1) is 8.30 Å². The summed E-state index contributed by atoms with van der Waals surface area (Å²) in [5.74, 6) is -2.05. The second kappa shape index (κ2) is 8.38. The molecule has 156 valence electrons. The molecule has 1 heterocycles. The van der Waals surface area contributed by atoms with Gasteiger partial charge < -0.3 is 19.9 Å². The van der Waals surface area contributed by atoms with Crippen LogP contribution in [0.25, 0.3) is 0 Å². The number of hydrogen-bond acceptors (Lipinski definition) is 5. The van der Waals surface area contributed by atoms with Gasteiger partial charge in [0.1, 0.15) is 17.0 Å². The van der Waals surface area contributed by atoms with Crippen LogP contribution in [0.2, 0.25) is 0 Å². The van der Waals surface area contributed by atoms with Crippen LogP contribution in [0, 0.1) is 0 Å². The van der Waals surface area contributed by atoms with E-state index in [9.17, 15) is 22.8 Å². The molecule has 0 bridgehead atoms. The van der Waals surface area contributed by atoms with Crippen LogP contribution >= 0.6 is 0 Å². The third-order valence-corrected chi connectivity index (χ3v) is 3.10. The summed E-state index contributed by atoms with van der Waals surface area (Å²) in [4.78, 5) is 26.3. The van der Waals surface area contributed by atoms with Gasteiger partial charge in [0.15, 0.2) is 0 Å². The first-order chi connectivity index (χ1) is 14.1. The molecule has 0 aliphatic carbocycles. The molecule has 0 saturated heterocycles. The maximum atomic E-state index is 13.3. The zero-order chi connectivity index (χ0) is 23.6. The number of ether oxygens (including phenoxy) is 2. The number of benzene rings is 1. The summed E-state index contributed by atoms with van der Waals surface area (Å²) in [5.41, 5.74) is -3.21. The molecular formula is C19H19F3N2O5. The SMILES string of the molecule is [2H]C([2H])(NC(=O)OC(C)(C)C)c1cc(Oc2cccc(C(=O)O)c2)nc(C(F)(F)F)c1. The highest BCUT2D eigenvalue weighted by molar-refractivity contribution is 5.88. The Morgan fingerprint density at radius 3 is 2.48 bits per heavy atom. The highest BCUT2D eigenvalue weighted by atomic mass is 19.4. The third kappa shape index (κ3) is 6.98. The Bertz CT molecular complexity index is 991. The number of carboxylic acids is 1. The number of alkyl halides is 3. The Morgan fingerprint density at radius 1 is 1.21 bits per heavy atom. The number of halogens is 3. The van der Waals surface area contributed by atoms with Crippen molar-refractivity contribution in [2.45, 2.75) is 39.0 Å². The van der Waals surface area contributed by atoms with E-state index in [1.54, 1.807) is 0 Å². The Hall–Kier alpha value is -3.30. The van der Waals surface area contributed by atoms with Crippen molar-refractivity contribution in [1.29, 1.82) is 0 Å². The lowest BCUT2D eigenvalue weighted by molar-refractivity contribution is -0.141. The average Bonchev–Trinajstić information content (AvgIpc) is 2.58. The Morgan fingerprint density at radius 2 is 1.90 bits per heavy atom. The number of alkyl carbamates (subject to hydrolysis) is 1. The molecule has 0 spiro atoms. The molecule has 10 heteroatoms. The summed E-state index contributed by atoms with van der Waals surface area (Å²) in [5, 5.41) is 10.9. The predicted octanol–water partition coefficient (Wildman–Crippen LogP) is 4.62. The molecule has 2 aromatic rings. The molecule has 0 radical (unpaired) electrons. The molecule has 0 fully saturated rings. The van der Waals surface area contributed by atoms with Crippen LogP contribution in [0.5, 0.6) is 11.6 Å². The number of carbonyl (C=O) groups excluding carboxylic acids is 1. The van der Waals surface area contributed by atoms with Crippen LogP contribution in [-0.2, 0) is 17.4 Å². The molecule has 0 aliphatic heterocycles. The highest BCUT2D eigenvalue weighted by Gasteiger charge is 2.33. The molecule has 1 aromatic heterocycles. The molecule has 1 aromatic carbocycles. The number of carboxylic acid groups (broad SMARTS) is 1. The molecule has 0 unspecified atom stereocenters. The Balaban J connectivity index is 2.43. The van der Waals surface area contributed by atoms with Gasteiger partial charge in [-0.15, -0.1) is 0 Å². The lowest BCUT2D eigenvalue weighted by Gasteiger charge is -2.20. The molecule has 0 aliphatic rings. The summed E-state index contributed by atoms with van der Waals surface area (Å²) >= 11 is 0. The van der Waals surface area contributed by atoms with Gasteiger partial charge >= 0.3 is 18.2 Å². The van der Waals surface area contributed by atoms with Crippen molar-refractivity contribution in [2.75, 3.05) is 0 Å². The van der Waals surface area contributed by atoms with E-state index in [0.717, 1.165) is 12.1 Å². The summed E-state index contributed by atoms with van der Waals surface area (Å²) in [7, 11) is 0. The number of carbonyl (C=O) groups is 2. The predicted molar refractivity (Wildman–Crippen MR) is 95.8 cm³/mol. The third-order valence-electron chi connectivity index (χ3n) is 3.10. The number of nitrogens with zero attached hydrogens (tertiary/aromatic N) is 1. The van der Waals surface area contributed by atoms with Crippen molar-refractivity contribution in [3.8, 4) is 11.6 Å². The number of rotatable bonds is 5. The number of amides is 1. The molecule has 29 heavy (non-hydrogen) atoms. The van der Waals surface area contributed by atoms with E-state index in [2.05, 4.69) is 4.98 Å². The van der Waals surface area contributed by atoms with Crippen LogP contribution in [0.1, 0.15) is 45.1 Å². The van der Waals surface area contributed by atoms with Crippen molar-refractivity contribution in [3.63, 3.8) is 0 Å². The zero-order valence-electron chi connectivity index (χ0n) is 17.6. The molecule has 2 N–H and O–H groups in total. The van der Waals surface area contributed by atoms with E-state index in [4.69, 9.17) is 17.3 Å². The summed E-state index contributed by atoms with van der Waals surface area (Å²) in [6, 6.07) is 6.22. The van der Waals surface area contributed by atoms with Gasteiger partial charge in [-0.1, -0.05) is 6.07 Å². The van der Waals surface area contributed by atoms with Gasteiger partial charge in [0, 0.05) is 12.6 Å². The van der Waals surface area contributed by atoms with Gasteiger partial charge in [0.25, 0.3) is 0 Å². The van der Waals surface area contributed by atoms with Gasteiger partial charge in [-0.3, -0.25) is 0 Å². The molecule has 7 nitrogen and oxygen atoms in total. The number of hydrogen-bond donors (Lipinski definition) is 2. The molecule has 0 atom stereocenters. The monoisotopic (exact) mass is 414 g/mol. The second-order valence-electron chi connectivity index (χ2n) is 6.76.